The lowest BCUT2D eigenvalue weighted by Gasteiger charge is -2.03. The van der Waals surface area contributed by atoms with Crippen LogP contribution in [-0.4, -0.2) is 24.7 Å². The molecule has 0 fully saturated rings. The molecular weight excluding hydrogens is 208 g/mol. The van der Waals surface area contributed by atoms with E-state index in [0.29, 0.717) is 18.8 Å². The van der Waals surface area contributed by atoms with Gasteiger partial charge < -0.3 is 11.1 Å². The summed E-state index contributed by atoms with van der Waals surface area (Å²) in [4.78, 5) is 12.4. The zero-order valence-electron chi connectivity index (χ0n) is 8.82. The highest BCUT2D eigenvalue weighted by molar-refractivity contribution is 8.00. The summed E-state index contributed by atoms with van der Waals surface area (Å²) >= 11 is 1.53. The number of carbonyl (C=O) groups excluding carboxylic acids is 1. The molecule has 0 saturated heterocycles. The largest absolute Gasteiger partial charge is 0.354 e. The molecule has 0 aromatic heterocycles. The molecule has 0 atom stereocenters. The van der Waals surface area contributed by atoms with E-state index in [0.717, 1.165) is 4.90 Å². The first kappa shape index (κ1) is 12.1. The second-order valence-corrected chi connectivity index (χ2v) is 4.29. The summed E-state index contributed by atoms with van der Waals surface area (Å²) in [5.41, 5.74) is 6.51. The molecular formula is C11H16N2OS. The Labute approximate surface area is 94.4 Å². The molecule has 1 aromatic carbocycles. The van der Waals surface area contributed by atoms with Gasteiger partial charge in [0.2, 0.25) is 5.91 Å². The fraction of sp³-hybridized carbons (Fsp3) is 0.364. The van der Waals surface area contributed by atoms with Crippen LogP contribution >= 0.6 is 11.8 Å². The van der Waals surface area contributed by atoms with Crippen LogP contribution in [0.25, 0.3) is 0 Å². The van der Waals surface area contributed by atoms with E-state index >= 15 is 0 Å². The molecule has 1 rings (SSSR count). The van der Waals surface area contributed by atoms with Gasteiger partial charge in [0.05, 0.1) is 5.75 Å². The fourth-order valence-corrected chi connectivity index (χ4v) is 1.77. The van der Waals surface area contributed by atoms with Crippen LogP contribution in [0.15, 0.2) is 29.2 Å². The lowest BCUT2D eigenvalue weighted by atomic mass is 10.2. The Morgan fingerprint density at radius 2 is 2.07 bits per heavy atom. The van der Waals surface area contributed by atoms with Crippen LogP contribution in [0, 0.1) is 6.92 Å². The Balaban J connectivity index is 2.30. The van der Waals surface area contributed by atoms with Crippen LogP contribution in [0.5, 0.6) is 0 Å². The molecule has 1 amide bonds. The highest BCUT2D eigenvalue weighted by atomic mass is 32.2. The SMILES string of the molecule is Cc1ccc(SCC(=O)NCCN)cc1. The van der Waals surface area contributed by atoms with E-state index in [4.69, 9.17) is 5.73 Å². The smallest absolute Gasteiger partial charge is 0.230 e. The van der Waals surface area contributed by atoms with E-state index in [9.17, 15) is 4.79 Å². The molecule has 0 heterocycles. The molecule has 0 bridgehead atoms. The highest BCUT2D eigenvalue weighted by Crippen LogP contribution is 2.17. The van der Waals surface area contributed by atoms with Gasteiger partial charge in [0.15, 0.2) is 0 Å². The number of benzene rings is 1. The molecule has 0 aliphatic rings. The first-order valence-electron chi connectivity index (χ1n) is 4.88. The molecule has 82 valence electrons. The second kappa shape index (κ2) is 6.48. The van der Waals surface area contributed by atoms with Gasteiger partial charge in [0.1, 0.15) is 0 Å². The third-order valence-corrected chi connectivity index (χ3v) is 2.87. The summed E-state index contributed by atoms with van der Waals surface area (Å²) in [6, 6.07) is 8.13. The van der Waals surface area contributed by atoms with Crippen molar-refractivity contribution in [1.29, 1.82) is 0 Å². The van der Waals surface area contributed by atoms with Crippen LogP contribution in [0.4, 0.5) is 0 Å². The molecule has 0 aliphatic carbocycles. The topological polar surface area (TPSA) is 55.1 Å². The monoisotopic (exact) mass is 224 g/mol. The zero-order valence-corrected chi connectivity index (χ0v) is 9.64. The number of hydrogen-bond acceptors (Lipinski definition) is 3. The summed E-state index contributed by atoms with van der Waals surface area (Å²) in [6.45, 7) is 3.08. The first-order valence-corrected chi connectivity index (χ1v) is 5.87. The second-order valence-electron chi connectivity index (χ2n) is 3.24. The van der Waals surface area contributed by atoms with Crippen molar-refractivity contribution in [2.75, 3.05) is 18.8 Å². The summed E-state index contributed by atoms with van der Waals surface area (Å²) in [5.74, 6) is 0.481. The van der Waals surface area contributed by atoms with E-state index in [1.807, 2.05) is 31.2 Å². The van der Waals surface area contributed by atoms with Gasteiger partial charge >= 0.3 is 0 Å². The van der Waals surface area contributed by atoms with E-state index < -0.39 is 0 Å². The standard InChI is InChI=1S/C11H16N2OS/c1-9-2-4-10(5-3-9)15-8-11(14)13-7-6-12/h2-5H,6-8,12H2,1H3,(H,13,14). The molecule has 0 radical (unpaired) electrons. The molecule has 4 heteroatoms. The lowest BCUT2D eigenvalue weighted by Crippen LogP contribution is -2.30. The van der Waals surface area contributed by atoms with Crippen molar-refractivity contribution in [2.24, 2.45) is 5.73 Å². The van der Waals surface area contributed by atoms with Gasteiger partial charge in [-0.15, -0.1) is 11.8 Å². The number of nitrogens with two attached hydrogens (primary N) is 1. The molecule has 0 unspecified atom stereocenters. The molecule has 0 saturated carbocycles. The minimum atomic E-state index is 0.0334. The number of aryl methyl sites for hydroxylation is 1. The van der Waals surface area contributed by atoms with Gasteiger partial charge in [-0.25, -0.2) is 0 Å². The highest BCUT2D eigenvalue weighted by Gasteiger charge is 2.01. The van der Waals surface area contributed by atoms with Crippen LogP contribution in [0.3, 0.4) is 0 Å². The Hall–Kier alpha value is -1.00. The maximum absolute atomic E-state index is 11.3. The van der Waals surface area contributed by atoms with Crippen molar-refractivity contribution in [3.8, 4) is 0 Å². The zero-order chi connectivity index (χ0) is 11.1. The van der Waals surface area contributed by atoms with Gasteiger partial charge in [-0.3, -0.25) is 4.79 Å². The van der Waals surface area contributed by atoms with E-state index in [2.05, 4.69) is 5.32 Å². The number of rotatable bonds is 5. The lowest BCUT2D eigenvalue weighted by molar-refractivity contribution is -0.118. The first-order chi connectivity index (χ1) is 7.22. The third-order valence-electron chi connectivity index (χ3n) is 1.86. The van der Waals surface area contributed by atoms with Crippen molar-refractivity contribution in [2.45, 2.75) is 11.8 Å². The summed E-state index contributed by atoms with van der Waals surface area (Å²) < 4.78 is 0. The average molecular weight is 224 g/mol. The summed E-state index contributed by atoms with van der Waals surface area (Å²) in [5, 5.41) is 2.73. The van der Waals surface area contributed by atoms with E-state index in [1.165, 1.54) is 17.3 Å². The number of hydrogen-bond donors (Lipinski definition) is 2. The van der Waals surface area contributed by atoms with Gasteiger partial charge in [-0.1, -0.05) is 17.7 Å². The Kier molecular flexibility index (Phi) is 5.21. The Morgan fingerprint density at radius 1 is 1.40 bits per heavy atom. The minimum Gasteiger partial charge on any atom is -0.354 e. The third kappa shape index (κ3) is 4.85. The average Bonchev–Trinajstić information content (AvgIpc) is 2.25. The normalized spacial score (nSPS) is 10.0. The van der Waals surface area contributed by atoms with Gasteiger partial charge in [0.25, 0.3) is 0 Å². The number of nitrogens with one attached hydrogen (secondary N) is 1. The van der Waals surface area contributed by atoms with Crippen LogP contribution < -0.4 is 11.1 Å². The number of amides is 1. The van der Waals surface area contributed by atoms with Crippen molar-refractivity contribution >= 4 is 17.7 Å². The molecule has 3 N–H and O–H groups in total. The maximum Gasteiger partial charge on any atom is 0.230 e. The van der Waals surface area contributed by atoms with E-state index in [1.54, 1.807) is 0 Å². The van der Waals surface area contributed by atoms with Crippen LogP contribution in [0.2, 0.25) is 0 Å². The van der Waals surface area contributed by atoms with Gasteiger partial charge in [-0.05, 0) is 19.1 Å². The number of carbonyl (C=O) groups is 1. The quantitative estimate of drug-likeness (QED) is 0.738. The predicted molar refractivity (Wildman–Crippen MR) is 64.0 cm³/mol. The predicted octanol–water partition coefficient (Wildman–Crippen LogP) is 1.16. The van der Waals surface area contributed by atoms with Gasteiger partial charge in [-0.2, -0.15) is 0 Å². The van der Waals surface area contributed by atoms with Gasteiger partial charge in [0, 0.05) is 18.0 Å². The van der Waals surface area contributed by atoms with Crippen molar-refractivity contribution in [1.82, 2.24) is 5.32 Å². The minimum absolute atomic E-state index is 0.0334. The molecule has 15 heavy (non-hydrogen) atoms. The summed E-state index contributed by atoms with van der Waals surface area (Å²) in [7, 11) is 0. The fourth-order valence-electron chi connectivity index (χ4n) is 1.05. The Bertz CT molecular complexity index is 311. The van der Waals surface area contributed by atoms with E-state index in [-0.39, 0.29) is 5.91 Å². The number of thioether (sulfide) groups is 1. The molecule has 3 nitrogen and oxygen atoms in total. The molecule has 1 aromatic rings. The van der Waals surface area contributed by atoms with Crippen molar-refractivity contribution in [3.63, 3.8) is 0 Å². The molecule has 0 aliphatic heterocycles. The maximum atomic E-state index is 11.3. The Morgan fingerprint density at radius 3 is 2.67 bits per heavy atom. The van der Waals surface area contributed by atoms with Crippen molar-refractivity contribution in [3.05, 3.63) is 29.8 Å². The van der Waals surface area contributed by atoms with Crippen molar-refractivity contribution < 1.29 is 4.79 Å². The molecule has 0 spiro atoms. The van der Waals surface area contributed by atoms with Crippen LogP contribution in [-0.2, 0) is 4.79 Å². The summed E-state index contributed by atoms with van der Waals surface area (Å²) in [6.07, 6.45) is 0. The van der Waals surface area contributed by atoms with Crippen LogP contribution in [0.1, 0.15) is 5.56 Å².